The van der Waals surface area contributed by atoms with Gasteiger partial charge in [0, 0.05) is 6.42 Å². The minimum Gasteiger partial charge on any atom is -0.388 e. The average Bonchev–Trinajstić information content (AvgIpc) is 2.20. The van der Waals surface area contributed by atoms with Gasteiger partial charge in [0.15, 0.2) is 0 Å². The van der Waals surface area contributed by atoms with Crippen LogP contribution in [-0.2, 0) is 9.53 Å². The molecule has 58 valence electrons. The number of ether oxygens (including phenoxy) is 1. The predicted molar refractivity (Wildman–Crippen MR) is 32.4 cm³/mol. The van der Waals surface area contributed by atoms with Gasteiger partial charge in [0.1, 0.15) is 18.5 Å². The smallest absolute Gasteiger partial charge is 0.122 e. The first-order valence-corrected chi connectivity index (χ1v) is 3.17. The van der Waals surface area contributed by atoms with E-state index in [9.17, 15) is 4.79 Å². The summed E-state index contributed by atoms with van der Waals surface area (Å²) >= 11 is 0. The number of aliphatic hydroxyl groups excluding tert-OH is 2. The molecule has 1 heterocycles. The second kappa shape index (κ2) is 3.09. The van der Waals surface area contributed by atoms with Crippen LogP contribution in [0.3, 0.4) is 0 Å². The van der Waals surface area contributed by atoms with Crippen molar-refractivity contribution >= 4 is 6.29 Å². The number of carbonyl (C=O) groups excluding carboxylic acids is 1. The van der Waals surface area contributed by atoms with Crippen molar-refractivity contribution in [2.45, 2.75) is 24.7 Å². The van der Waals surface area contributed by atoms with Crippen molar-refractivity contribution < 1.29 is 19.7 Å². The normalized spacial score (nSPS) is 40.0. The fourth-order valence-electron chi connectivity index (χ4n) is 0.969. The van der Waals surface area contributed by atoms with Gasteiger partial charge in [0.2, 0.25) is 0 Å². The molecule has 0 aromatic heterocycles. The van der Waals surface area contributed by atoms with Crippen molar-refractivity contribution in [3.05, 3.63) is 0 Å². The molecular formula is C6H10O4. The van der Waals surface area contributed by atoms with Crippen LogP contribution in [0.1, 0.15) is 6.42 Å². The molecular weight excluding hydrogens is 136 g/mol. The van der Waals surface area contributed by atoms with Crippen molar-refractivity contribution in [3.63, 3.8) is 0 Å². The van der Waals surface area contributed by atoms with Gasteiger partial charge in [-0.15, -0.1) is 0 Å². The minimum atomic E-state index is -0.898. The lowest BCUT2D eigenvalue weighted by atomic mass is 10.1. The lowest BCUT2D eigenvalue weighted by Gasteiger charge is -2.10. The highest BCUT2D eigenvalue weighted by Gasteiger charge is 2.33. The van der Waals surface area contributed by atoms with E-state index in [0.29, 0.717) is 6.29 Å². The molecule has 0 radical (unpaired) electrons. The number of carbonyl (C=O) groups is 1. The van der Waals surface area contributed by atoms with Gasteiger partial charge in [-0.25, -0.2) is 0 Å². The molecule has 4 nitrogen and oxygen atoms in total. The van der Waals surface area contributed by atoms with Crippen molar-refractivity contribution in [1.82, 2.24) is 0 Å². The minimum absolute atomic E-state index is 0.125. The first-order chi connectivity index (χ1) is 4.75. The molecule has 3 atom stereocenters. The van der Waals surface area contributed by atoms with Crippen LogP contribution in [0, 0.1) is 0 Å². The molecule has 1 saturated heterocycles. The highest BCUT2D eigenvalue weighted by atomic mass is 16.5. The Morgan fingerprint density at radius 2 is 2.30 bits per heavy atom. The van der Waals surface area contributed by atoms with Crippen LogP contribution in [0.4, 0.5) is 0 Å². The van der Waals surface area contributed by atoms with E-state index in [1.54, 1.807) is 0 Å². The van der Waals surface area contributed by atoms with Gasteiger partial charge in [0.05, 0.1) is 12.7 Å². The SMILES string of the molecule is O=CC[C@H]1OC[C@@H](O)[C@H]1O. The van der Waals surface area contributed by atoms with E-state index >= 15 is 0 Å². The number of aldehydes is 1. The Kier molecular flexibility index (Phi) is 2.37. The second-order valence-corrected chi connectivity index (χ2v) is 2.33. The van der Waals surface area contributed by atoms with E-state index in [-0.39, 0.29) is 13.0 Å². The molecule has 0 saturated carbocycles. The van der Waals surface area contributed by atoms with E-state index in [0.717, 1.165) is 0 Å². The highest BCUT2D eigenvalue weighted by Crippen LogP contribution is 2.15. The summed E-state index contributed by atoms with van der Waals surface area (Å²) in [4.78, 5) is 9.94. The summed E-state index contributed by atoms with van der Waals surface area (Å²) in [6.45, 7) is 0.125. The molecule has 0 aromatic carbocycles. The van der Waals surface area contributed by atoms with E-state index in [2.05, 4.69) is 0 Å². The van der Waals surface area contributed by atoms with E-state index in [1.807, 2.05) is 0 Å². The zero-order valence-corrected chi connectivity index (χ0v) is 5.43. The molecule has 4 heteroatoms. The first kappa shape index (κ1) is 7.65. The molecule has 2 N–H and O–H groups in total. The number of aliphatic hydroxyl groups is 2. The molecule has 0 amide bonds. The standard InChI is InChI=1S/C6H10O4/c7-2-1-5-6(9)4(8)3-10-5/h2,4-6,8-9H,1,3H2/t4-,5-,6-/m1/s1. The summed E-state index contributed by atoms with van der Waals surface area (Å²) in [5.41, 5.74) is 0. The van der Waals surface area contributed by atoms with Crippen LogP contribution in [-0.4, -0.2) is 41.4 Å². The monoisotopic (exact) mass is 146 g/mol. The Balaban J connectivity index is 2.40. The van der Waals surface area contributed by atoms with Crippen LogP contribution in [0.25, 0.3) is 0 Å². The van der Waals surface area contributed by atoms with Crippen molar-refractivity contribution in [3.8, 4) is 0 Å². The summed E-state index contributed by atoms with van der Waals surface area (Å²) in [6, 6.07) is 0. The van der Waals surface area contributed by atoms with Gasteiger partial charge in [-0.1, -0.05) is 0 Å². The second-order valence-electron chi connectivity index (χ2n) is 2.33. The molecule has 1 fully saturated rings. The molecule has 10 heavy (non-hydrogen) atoms. The van der Waals surface area contributed by atoms with Crippen molar-refractivity contribution in [2.24, 2.45) is 0 Å². The highest BCUT2D eigenvalue weighted by molar-refractivity contribution is 5.50. The molecule has 0 aromatic rings. The maximum atomic E-state index is 9.94. The van der Waals surface area contributed by atoms with Crippen LogP contribution in [0.5, 0.6) is 0 Å². The zero-order chi connectivity index (χ0) is 7.56. The van der Waals surface area contributed by atoms with Crippen LogP contribution < -0.4 is 0 Å². The number of hydrogen-bond donors (Lipinski definition) is 2. The van der Waals surface area contributed by atoms with Crippen LogP contribution in [0.2, 0.25) is 0 Å². The van der Waals surface area contributed by atoms with Crippen molar-refractivity contribution in [1.29, 1.82) is 0 Å². The Bertz CT molecular complexity index is 125. The molecule has 0 spiro atoms. The largest absolute Gasteiger partial charge is 0.388 e. The van der Waals surface area contributed by atoms with E-state index in [4.69, 9.17) is 14.9 Å². The topological polar surface area (TPSA) is 66.8 Å². The third-order valence-corrected chi connectivity index (χ3v) is 1.58. The Morgan fingerprint density at radius 1 is 1.60 bits per heavy atom. The number of rotatable bonds is 2. The average molecular weight is 146 g/mol. The van der Waals surface area contributed by atoms with Gasteiger partial charge in [0.25, 0.3) is 0 Å². The molecule has 0 bridgehead atoms. The lowest BCUT2D eigenvalue weighted by molar-refractivity contribution is -0.110. The maximum Gasteiger partial charge on any atom is 0.122 e. The van der Waals surface area contributed by atoms with Crippen LogP contribution in [0.15, 0.2) is 0 Å². The van der Waals surface area contributed by atoms with Gasteiger partial charge in [-0.3, -0.25) is 0 Å². The lowest BCUT2D eigenvalue weighted by Crippen LogP contribution is -2.29. The Morgan fingerprint density at radius 3 is 2.70 bits per heavy atom. The molecule has 1 aliphatic heterocycles. The molecule has 1 aliphatic rings. The predicted octanol–water partition coefficient (Wildman–Crippen LogP) is -1.30. The van der Waals surface area contributed by atoms with Gasteiger partial charge in [-0.05, 0) is 0 Å². The van der Waals surface area contributed by atoms with Crippen LogP contribution >= 0.6 is 0 Å². The number of hydrogen-bond acceptors (Lipinski definition) is 4. The summed E-state index contributed by atoms with van der Waals surface area (Å²) in [5.74, 6) is 0. The summed E-state index contributed by atoms with van der Waals surface area (Å²) in [7, 11) is 0. The molecule has 1 rings (SSSR count). The van der Waals surface area contributed by atoms with Gasteiger partial charge >= 0.3 is 0 Å². The van der Waals surface area contributed by atoms with E-state index < -0.39 is 18.3 Å². The Hall–Kier alpha value is -0.450. The zero-order valence-electron chi connectivity index (χ0n) is 5.43. The van der Waals surface area contributed by atoms with Crippen molar-refractivity contribution in [2.75, 3.05) is 6.61 Å². The Labute approximate surface area is 58.4 Å². The third-order valence-electron chi connectivity index (χ3n) is 1.58. The first-order valence-electron chi connectivity index (χ1n) is 3.17. The molecule has 0 aliphatic carbocycles. The summed E-state index contributed by atoms with van der Waals surface area (Å²) in [6.07, 6.45) is -1.41. The maximum absolute atomic E-state index is 9.94. The third kappa shape index (κ3) is 1.34. The molecule has 0 unspecified atom stereocenters. The fraction of sp³-hybridized carbons (Fsp3) is 0.833. The van der Waals surface area contributed by atoms with Gasteiger partial charge < -0.3 is 19.7 Å². The summed E-state index contributed by atoms with van der Waals surface area (Å²) < 4.78 is 4.89. The van der Waals surface area contributed by atoms with E-state index in [1.165, 1.54) is 0 Å². The van der Waals surface area contributed by atoms with Gasteiger partial charge in [-0.2, -0.15) is 0 Å². The fourth-order valence-corrected chi connectivity index (χ4v) is 0.969. The quantitative estimate of drug-likeness (QED) is 0.475. The summed E-state index contributed by atoms with van der Waals surface area (Å²) in [5, 5.41) is 18.0.